The van der Waals surface area contributed by atoms with Gasteiger partial charge in [0.05, 0.1) is 5.69 Å². The number of carbonyl (C=O) groups excluding carboxylic acids is 1. The fourth-order valence-electron chi connectivity index (χ4n) is 1.56. The van der Waals surface area contributed by atoms with Crippen molar-refractivity contribution in [3.8, 4) is 0 Å². The molecular formula is C13H17FN2O2. The molecule has 0 bridgehead atoms. The first kappa shape index (κ1) is 14.4. The maximum atomic E-state index is 12.8. The standard InChI is InChI=1S/C13H17FN2O2/c1-3-5-7-13(18,4-2)12(17)16-10-6-8-15-11(14)9-10/h9,18H,3-5,7H2,1-2H3,(H,16,17). The minimum atomic E-state index is -1.43. The molecule has 0 aliphatic heterocycles. The molecular weight excluding hydrogens is 235 g/mol. The summed E-state index contributed by atoms with van der Waals surface area (Å²) >= 11 is 0. The van der Waals surface area contributed by atoms with Crippen molar-refractivity contribution in [1.82, 2.24) is 4.98 Å². The van der Waals surface area contributed by atoms with Crippen molar-refractivity contribution in [2.24, 2.45) is 0 Å². The molecule has 98 valence electrons. The van der Waals surface area contributed by atoms with E-state index in [1.165, 1.54) is 0 Å². The van der Waals surface area contributed by atoms with Crippen LogP contribution < -0.4 is 5.32 Å². The number of aliphatic hydroxyl groups is 1. The quantitative estimate of drug-likeness (QED) is 0.815. The molecule has 0 saturated heterocycles. The number of rotatable bonds is 6. The summed E-state index contributed by atoms with van der Waals surface area (Å²) in [6.45, 7) is 3.72. The molecule has 1 aromatic heterocycles. The number of nitrogens with one attached hydrogen (secondary N) is 1. The molecule has 1 rings (SSSR count). The van der Waals surface area contributed by atoms with Crippen molar-refractivity contribution < 1.29 is 14.3 Å². The monoisotopic (exact) mass is 252 g/mol. The zero-order valence-electron chi connectivity index (χ0n) is 10.6. The number of hydrogen-bond donors (Lipinski definition) is 2. The van der Waals surface area contributed by atoms with Crippen molar-refractivity contribution in [3.63, 3.8) is 0 Å². The Bertz CT molecular complexity index is 412. The maximum absolute atomic E-state index is 12.8. The minimum absolute atomic E-state index is 0.121. The van der Waals surface area contributed by atoms with Crippen molar-refractivity contribution in [3.05, 3.63) is 24.3 Å². The molecule has 0 spiro atoms. The average Bonchev–Trinajstić information content (AvgIpc) is 2.36. The lowest BCUT2D eigenvalue weighted by Gasteiger charge is -2.25. The zero-order chi connectivity index (χ0) is 13.6. The second-order valence-electron chi connectivity index (χ2n) is 4.17. The second-order valence-corrected chi connectivity index (χ2v) is 4.17. The Labute approximate surface area is 106 Å². The maximum Gasteiger partial charge on any atom is 0.256 e. The number of nitrogens with zero attached hydrogens (tertiary/aromatic N) is 1. The highest BCUT2D eigenvalue weighted by Gasteiger charge is 2.33. The average molecular weight is 252 g/mol. The van der Waals surface area contributed by atoms with Gasteiger partial charge in [0.2, 0.25) is 5.95 Å². The summed E-state index contributed by atoms with van der Waals surface area (Å²) < 4.78 is 12.8. The van der Waals surface area contributed by atoms with Crippen LogP contribution in [-0.2, 0) is 4.79 Å². The zero-order valence-corrected chi connectivity index (χ0v) is 10.6. The lowest BCUT2D eigenvalue weighted by atomic mass is 9.93. The Morgan fingerprint density at radius 2 is 2.33 bits per heavy atom. The highest BCUT2D eigenvalue weighted by atomic mass is 19.1. The van der Waals surface area contributed by atoms with E-state index in [4.69, 9.17) is 0 Å². The van der Waals surface area contributed by atoms with Crippen LogP contribution in [-0.4, -0.2) is 21.6 Å². The first-order chi connectivity index (χ1) is 8.51. The third-order valence-corrected chi connectivity index (χ3v) is 2.82. The van der Waals surface area contributed by atoms with Crippen LogP contribution in [0, 0.1) is 18.2 Å². The highest BCUT2D eigenvalue weighted by Crippen LogP contribution is 2.20. The van der Waals surface area contributed by atoms with Crippen LogP contribution in [0.25, 0.3) is 0 Å². The number of anilines is 1. The largest absolute Gasteiger partial charge is 0.380 e. The Kier molecular flexibility index (Phi) is 5.05. The van der Waals surface area contributed by atoms with Crippen LogP contribution >= 0.6 is 0 Å². The first-order valence-corrected chi connectivity index (χ1v) is 6.01. The van der Waals surface area contributed by atoms with Gasteiger partial charge in [-0.1, -0.05) is 26.7 Å². The van der Waals surface area contributed by atoms with Gasteiger partial charge in [-0.15, -0.1) is 0 Å². The Balaban J connectivity index is 2.73. The van der Waals surface area contributed by atoms with Gasteiger partial charge in [0, 0.05) is 12.3 Å². The third-order valence-electron chi connectivity index (χ3n) is 2.82. The molecule has 1 unspecified atom stereocenters. The molecule has 1 heterocycles. The van der Waals surface area contributed by atoms with E-state index in [0.29, 0.717) is 12.8 Å². The summed E-state index contributed by atoms with van der Waals surface area (Å²) in [6, 6.07) is 3.51. The van der Waals surface area contributed by atoms with Gasteiger partial charge in [0.1, 0.15) is 5.60 Å². The summed E-state index contributed by atoms with van der Waals surface area (Å²) in [4.78, 5) is 15.2. The molecule has 5 heteroatoms. The summed E-state index contributed by atoms with van der Waals surface area (Å²) in [5.41, 5.74) is -1.31. The van der Waals surface area contributed by atoms with E-state index in [2.05, 4.69) is 22.6 Å². The normalized spacial score (nSPS) is 13.6. The SMILES string of the molecule is CCCCC(O)(CC)C(=O)Nc1c#cnc(F)c1. The van der Waals surface area contributed by atoms with E-state index in [1.807, 2.05) is 6.92 Å². The summed E-state index contributed by atoms with van der Waals surface area (Å²) in [5, 5.41) is 12.6. The van der Waals surface area contributed by atoms with Gasteiger partial charge < -0.3 is 10.4 Å². The Morgan fingerprint density at radius 1 is 1.61 bits per heavy atom. The van der Waals surface area contributed by atoms with Gasteiger partial charge in [-0.3, -0.25) is 4.79 Å². The molecule has 2 N–H and O–H groups in total. The number of halogens is 1. The first-order valence-electron chi connectivity index (χ1n) is 6.01. The van der Waals surface area contributed by atoms with Crippen LogP contribution in [0.2, 0.25) is 0 Å². The molecule has 4 nitrogen and oxygen atoms in total. The number of unbranched alkanes of at least 4 members (excludes halogenated alkanes) is 1. The molecule has 0 aliphatic carbocycles. The van der Waals surface area contributed by atoms with Gasteiger partial charge in [-0.25, -0.2) is 0 Å². The second kappa shape index (κ2) is 6.31. The minimum Gasteiger partial charge on any atom is -0.380 e. The van der Waals surface area contributed by atoms with Crippen LogP contribution in [0.1, 0.15) is 39.5 Å². The molecule has 1 aromatic rings. The van der Waals surface area contributed by atoms with Crippen molar-refractivity contribution >= 4 is 11.6 Å². The molecule has 0 radical (unpaired) electrons. The summed E-state index contributed by atoms with van der Waals surface area (Å²) in [5.74, 6) is -1.30. The molecule has 0 aromatic carbocycles. The molecule has 1 atom stereocenters. The van der Waals surface area contributed by atoms with E-state index in [0.717, 1.165) is 18.9 Å². The van der Waals surface area contributed by atoms with Gasteiger partial charge in [-0.05, 0) is 18.9 Å². The number of carbonyl (C=O) groups is 1. The predicted octanol–water partition coefficient (Wildman–Crippen LogP) is 2.09. The molecule has 18 heavy (non-hydrogen) atoms. The fourth-order valence-corrected chi connectivity index (χ4v) is 1.56. The predicted molar refractivity (Wildman–Crippen MR) is 65.3 cm³/mol. The lowest BCUT2D eigenvalue weighted by molar-refractivity contribution is -0.135. The van der Waals surface area contributed by atoms with E-state index in [-0.39, 0.29) is 5.69 Å². The van der Waals surface area contributed by atoms with Gasteiger partial charge in [-0.2, -0.15) is 9.37 Å². The summed E-state index contributed by atoms with van der Waals surface area (Å²) in [6.07, 6.45) is 4.52. The Hall–Kier alpha value is -1.67. The molecule has 0 aliphatic rings. The topological polar surface area (TPSA) is 62.2 Å². The van der Waals surface area contributed by atoms with Crippen LogP contribution in [0.4, 0.5) is 10.1 Å². The van der Waals surface area contributed by atoms with Crippen LogP contribution in [0.15, 0.2) is 6.07 Å². The number of hydrogen-bond acceptors (Lipinski definition) is 3. The van der Waals surface area contributed by atoms with Crippen LogP contribution in [0.3, 0.4) is 0 Å². The molecule has 0 saturated carbocycles. The molecule has 0 fully saturated rings. The van der Waals surface area contributed by atoms with Gasteiger partial charge >= 0.3 is 0 Å². The molecule has 1 amide bonds. The van der Waals surface area contributed by atoms with Gasteiger partial charge in [0.25, 0.3) is 5.91 Å². The number of aromatic nitrogens is 1. The Morgan fingerprint density at radius 3 is 2.89 bits per heavy atom. The highest BCUT2D eigenvalue weighted by molar-refractivity contribution is 5.96. The van der Waals surface area contributed by atoms with Crippen molar-refractivity contribution in [2.75, 3.05) is 5.32 Å². The van der Waals surface area contributed by atoms with E-state index in [9.17, 15) is 14.3 Å². The smallest absolute Gasteiger partial charge is 0.256 e. The van der Waals surface area contributed by atoms with E-state index in [1.54, 1.807) is 6.92 Å². The summed E-state index contributed by atoms with van der Waals surface area (Å²) in [7, 11) is 0. The van der Waals surface area contributed by atoms with E-state index >= 15 is 0 Å². The van der Waals surface area contributed by atoms with Crippen molar-refractivity contribution in [2.45, 2.75) is 45.1 Å². The third kappa shape index (κ3) is 3.67. The van der Waals surface area contributed by atoms with Crippen LogP contribution in [0.5, 0.6) is 0 Å². The fraction of sp³-hybridized carbons (Fsp3) is 0.538. The number of amides is 1. The lowest BCUT2D eigenvalue weighted by Crippen LogP contribution is -2.42. The van der Waals surface area contributed by atoms with Gasteiger partial charge in [0.15, 0.2) is 0 Å². The van der Waals surface area contributed by atoms with Crippen molar-refractivity contribution in [1.29, 1.82) is 0 Å². The van der Waals surface area contributed by atoms with E-state index < -0.39 is 17.5 Å².